The Labute approximate surface area is 207 Å². The van der Waals surface area contributed by atoms with Gasteiger partial charge in [-0.2, -0.15) is 0 Å². The third-order valence-corrected chi connectivity index (χ3v) is 4.54. The molecule has 0 amide bonds. The first-order chi connectivity index (χ1) is 15.9. The van der Waals surface area contributed by atoms with Gasteiger partial charge in [-0.05, 0) is 95.4 Å². The van der Waals surface area contributed by atoms with Gasteiger partial charge in [-0.15, -0.1) is 6.42 Å². The van der Waals surface area contributed by atoms with Crippen LogP contribution in [0.2, 0.25) is 0 Å². The standard InChI is InChI=1S/C14H10O2.C8H6O.C6H5IO/c15-13-5-1-3-11(9-13)7-8-12-4-2-6-14(16)10-12;1-2-7-4-3-5-8(9)6-7;7-5-2-1-3-6(8)4-5/h1-6,9-10,15-16H;1,3-6,9H;1-4,8H. The van der Waals surface area contributed by atoms with E-state index in [-0.39, 0.29) is 17.2 Å². The Morgan fingerprint density at radius 3 is 1.18 bits per heavy atom. The summed E-state index contributed by atoms with van der Waals surface area (Å²) in [5.41, 5.74) is 2.18. The van der Waals surface area contributed by atoms with E-state index in [1.54, 1.807) is 72.8 Å². The zero-order valence-corrected chi connectivity index (χ0v) is 19.6. The van der Waals surface area contributed by atoms with E-state index >= 15 is 0 Å². The van der Waals surface area contributed by atoms with Crippen LogP contribution in [-0.2, 0) is 0 Å². The Balaban J connectivity index is 0.000000192. The molecule has 0 unspecified atom stereocenters. The predicted molar refractivity (Wildman–Crippen MR) is 139 cm³/mol. The first-order valence-electron chi connectivity index (χ1n) is 9.66. The van der Waals surface area contributed by atoms with Crippen molar-refractivity contribution in [2.24, 2.45) is 0 Å². The highest BCUT2D eigenvalue weighted by Gasteiger charge is 1.91. The number of phenols is 4. The van der Waals surface area contributed by atoms with E-state index in [1.165, 1.54) is 0 Å². The first kappa shape index (κ1) is 25.2. The third-order valence-electron chi connectivity index (χ3n) is 3.86. The van der Waals surface area contributed by atoms with E-state index < -0.39 is 0 Å². The van der Waals surface area contributed by atoms with E-state index in [0.29, 0.717) is 11.3 Å². The first-order valence-corrected chi connectivity index (χ1v) is 10.7. The van der Waals surface area contributed by atoms with E-state index in [9.17, 15) is 10.2 Å². The molecular weight excluding hydrogens is 527 g/mol. The van der Waals surface area contributed by atoms with Crippen molar-refractivity contribution < 1.29 is 20.4 Å². The Morgan fingerprint density at radius 2 is 0.879 bits per heavy atom. The monoisotopic (exact) mass is 548 g/mol. The lowest BCUT2D eigenvalue weighted by Crippen LogP contribution is -1.75. The molecule has 0 aliphatic rings. The zero-order chi connectivity index (χ0) is 24.1. The van der Waals surface area contributed by atoms with Gasteiger partial charge in [-0.3, -0.25) is 0 Å². The highest BCUT2D eigenvalue weighted by Crippen LogP contribution is 2.13. The summed E-state index contributed by atoms with van der Waals surface area (Å²) in [6.45, 7) is 0. The van der Waals surface area contributed by atoms with Crippen molar-refractivity contribution in [1.82, 2.24) is 0 Å². The summed E-state index contributed by atoms with van der Waals surface area (Å²) in [5, 5.41) is 36.2. The van der Waals surface area contributed by atoms with Crippen LogP contribution in [0.1, 0.15) is 16.7 Å². The van der Waals surface area contributed by atoms with Gasteiger partial charge >= 0.3 is 0 Å². The summed E-state index contributed by atoms with van der Waals surface area (Å²) < 4.78 is 1.06. The molecule has 0 aliphatic carbocycles. The number of hydrogen-bond acceptors (Lipinski definition) is 4. The van der Waals surface area contributed by atoms with Crippen molar-refractivity contribution >= 4 is 22.6 Å². The zero-order valence-electron chi connectivity index (χ0n) is 17.5. The van der Waals surface area contributed by atoms with Crippen LogP contribution in [0.25, 0.3) is 0 Å². The van der Waals surface area contributed by atoms with Crippen LogP contribution in [0.3, 0.4) is 0 Å². The van der Waals surface area contributed by atoms with Gasteiger partial charge in [0.05, 0.1) is 0 Å². The van der Waals surface area contributed by atoms with Gasteiger partial charge in [0.1, 0.15) is 23.0 Å². The fourth-order valence-electron chi connectivity index (χ4n) is 2.38. The SMILES string of the molecule is C#Cc1cccc(O)c1.Oc1cccc(C#Cc2cccc(O)c2)c1.Oc1cccc(I)c1. The third kappa shape index (κ3) is 10.2. The number of aromatic hydroxyl groups is 4. The smallest absolute Gasteiger partial charge is 0.116 e. The topological polar surface area (TPSA) is 80.9 Å². The predicted octanol–water partition coefficient (Wildman–Crippen LogP) is 5.87. The van der Waals surface area contributed by atoms with Gasteiger partial charge in [-0.1, -0.05) is 42.0 Å². The quantitative estimate of drug-likeness (QED) is 0.164. The highest BCUT2D eigenvalue weighted by atomic mass is 127. The molecule has 0 saturated carbocycles. The maximum absolute atomic E-state index is 9.25. The van der Waals surface area contributed by atoms with Crippen molar-refractivity contribution in [2.75, 3.05) is 0 Å². The van der Waals surface area contributed by atoms with Crippen LogP contribution in [0, 0.1) is 27.8 Å². The lowest BCUT2D eigenvalue weighted by Gasteiger charge is -1.93. The van der Waals surface area contributed by atoms with Crippen LogP contribution in [-0.4, -0.2) is 20.4 Å². The molecule has 4 N–H and O–H groups in total. The van der Waals surface area contributed by atoms with Gasteiger partial charge in [0.15, 0.2) is 0 Å². The van der Waals surface area contributed by atoms with Crippen molar-refractivity contribution in [3.63, 3.8) is 0 Å². The fourth-order valence-corrected chi connectivity index (χ4v) is 2.91. The van der Waals surface area contributed by atoms with Gasteiger partial charge in [-0.25, -0.2) is 0 Å². The normalized spacial score (nSPS) is 8.97. The average molecular weight is 548 g/mol. The molecule has 0 radical (unpaired) electrons. The number of hydrogen-bond donors (Lipinski definition) is 4. The molecule has 0 atom stereocenters. The second kappa shape index (κ2) is 13.4. The van der Waals surface area contributed by atoms with Crippen LogP contribution in [0.4, 0.5) is 0 Å². The molecule has 0 aromatic heterocycles. The summed E-state index contributed by atoms with van der Waals surface area (Å²) in [5.74, 6) is 9.16. The molecule has 4 nitrogen and oxygen atoms in total. The van der Waals surface area contributed by atoms with Crippen LogP contribution in [0.5, 0.6) is 23.0 Å². The summed E-state index contributed by atoms with van der Waals surface area (Å²) in [7, 11) is 0. The Hall–Kier alpha value is -4.07. The minimum absolute atomic E-state index is 0.197. The molecule has 4 rings (SSSR count). The molecule has 5 heteroatoms. The Kier molecular flexibility index (Phi) is 10.2. The largest absolute Gasteiger partial charge is 0.508 e. The van der Waals surface area contributed by atoms with Crippen molar-refractivity contribution in [3.05, 3.63) is 117 Å². The molecule has 33 heavy (non-hydrogen) atoms. The molecule has 0 fully saturated rings. The van der Waals surface area contributed by atoms with Gasteiger partial charge in [0.2, 0.25) is 0 Å². The number of rotatable bonds is 0. The highest BCUT2D eigenvalue weighted by molar-refractivity contribution is 14.1. The number of benzene rings is 4. The minimum atomic E-state index is 0.197. The molecular formula is C28H21IO4. The second-order valence-corrected chi connectivity index (χ2v) is 7.77. The molecule has 4 aromatic rings. The van der Waals surface area contributed by atoms with Crippen molar-refractivity contribution in [3.8, 4) is 47.2 Å². The molecule has 164 valence electrons. The lowest BCUT2D eigenvalue weighted by atomic mass is 10.2. The molecule has 0 aliphatic heterocycles. The van der Waals surface area contributed by atoms with Gasteiger partial charge in [0, 0.05) is 20.3 Å². The van der Waals surface area contributed by atoms with E-state index in [4.69, 9.17) is 16.6 Å². The molecule has 0 bridgehead atoms. The number of phenolic OH excluding ortho intramolecular Hbond substituents is 4. The molecule has 0 spiro atoms. The lowest BCUT2D eigenvalue weighted by molar-refractivity contribution is 0.474. The van der Waals surface area contributed by atoms with E-state index in [1.807, 2.05) is 24.3 Å². The summed E-state index contributed by atoms with van der Waals surface area (Å²) in [4.78, 5) is 0. The maximum Gasteiger partial charge on any atom is 0.116 e. The number of halogens is 1. The van der Waals surface area contributed by atoms with Gasteiger partial charge < -0.3 is 20.4 Å². The summed E-state index contributed by atoms with van der Waals surface area (Å²) in [6, 6.07) is 27.2. The molecule has 0 heterocycles. The molecule has 4 aromatic carbocycles. The number of terminal acetylenes is 1. The van der Waals surface area contributed by atoms with E-state index in [2.05, 4.69) is 40.4 Å². The minimum Gasteiger partial charge on any atom is -0.508 e. The Morgan fingerprint density at radius 1 is 0.515 bits per heavy atom. The van der Waals surface area contributed by atoms with Gasteiger partial charge in [0.25, 0.3) is 0 Å². The Bertz CT molecular complexity index is 1230. The van der Waals surface area contributed by atoms with Crippen molar-refractivity contribution in [2.45, 2.75) is 0 Å². The maximum atomic E-state index is 9.25. The summed E-state index contributed by atoms with van der Waals surface area (Å²) >= 11 is 2.15. The van der Waals surface area contributed by atoms with Crippen LogP contribution in [0.15, 0.2) is 97.1 Å². The average Bonchev–Trinajstić information content (AvgIpc) is 2.79. The molecule has 0 saturated heterocycles. The summed E-state index contributed by atoms with van der Waals surface area (Å²) in [6.07, 6.45) is 5.06. The second-order valence-electron chi connectivity index (χ2n) is 6.53. The van der Waals surface area contributed by atoms with Crippen molar-refractivity contribution in [1.29, 1.82) is 0 Å². The van der Waals surface area contributed by atoms with Crippen LogP contribution >= 0.6 is 22.6 Å². The van der Waals surface area contributed by atoms with E-state index in [0.717, 1.165) is 14.7 Å². The fraction of sp³-hybridized carbons (Fsp3) is 0. The van der Waals surface area contributed by atoms with Crippen LogP contribution < -0.4 is 0 Å².